The number of aryl methyl sites for hydroxylation is 2. The summed E-state index contributed by atoms with van der Waals surface area (Å²) in [6.07, 6.45) is 2.19. The summed E-state index contributed by atoms with van der Waals surface area (Å²) in [5.74, 6) is 0.437. The lowest BCUT2D eigenvalue weighted by Gasteiger charge is -2.33. The van der Waals surface area contributed by atoms with Crippen molar-refractivity contribution in [3.05, 3.63) is 70.8 Å². The van der Waals surface area contributed by atoms with E-state index < -0.39 is 0 Å². The molecule has 2 aromatic carbocycles. The number of carbonyl (C=O) groups excluding carboxylic acids is 2. The van der Waals surface area contributed by atoms with Crippen molar-refractivity contribution in [2.75, 3.05) is 0 Å². The Morgan fingerprint density at radius 2 is 1.69 bits per heavy atom. The predicted molar refractivity (Wildman–Crippen MR) is 132 cm³/mol. The zero-order valence-electron chi connectivity index (χ0n) is 20.4. The summed E-state index contributed by atoms with van der Waals surface area (Å²) in [5.41, 5.74) is 4.14. The Hall–Kier alpha value is -2.75. The highest BCUT2D eigenvalue weighted by Gasteiger charge is 2.31. The first-order chi connectivity index (χ1) is 15.0. The van der Waals surface area contributed by atoms with Crippen LogP contribution in [0.5, 0.6) is 0 Å². The van der Waals surface area contributed by atoms with E-state index in [9.17, 15) is 9.59 Å². The number of carbonyl (C=O) groups is 2. The molecule has 2 atom stereocenters. The molecule has 172 valence electrons. The Balaban J connectivity index is 2.03. The van der Waals surface area contributed by atoms with Gasteiger partial charge in [0.1, 0.15) is 5.78 Å². The van der Waals surface area contributed by atoms with Gasteiger partial charge in [0.25, 0.3) is 5.91 Å². The summed E-state index contributed by atoms with van der Waals surface area (Å²) < 4.78 is 0. The van der Waals surface area contributed by atoms with Crippen LogP contribution in [0.25, 0.3) is 0 Å². The van der Waals surface area contributed by atoms with Crippen LogP contribution in [-0.4, -0.2) is 17.4 Å². The van der Waals surface area contributed by atoms with E-state index in [0.717, 1.165) is 16.7 Å². The van der Waals surface area contributed by atoms with Gasteiger partial charge in [-0.05, 0) is 68.2 Å². The molecule has 32 heavy (non-hydrogen) atoms. The smallest absolute Gasteiger partial charge is 0.251 e. The minimum Gasteiger partial charge on any atom is -0.346 e. The van der Waals surface area contributed by atoms with E-state index in [-0.39, 0.29) is 23.1 Å². The summed E-state index contributed by atoms with van der Waals surface area (Å²) in [7, 11) is 0. The number of amides is 1. The first kappa shape index (κ1) is 25.5. The normalized spacial score (nSPS) is 14.0. The highest BCUT2D eigenvalue weighted by atomic mass is 16.1. The predicted octanol–water partition coefficient (Wildman–Crippen LogP) is 6.47. The summed E-state index contributed by atoms with van der Waals surface area (Å²) in [6, 6.07) is 15.7. The van der Waals surface area contributed by atoms with Crippen molar-refractivity contribution in [1.29, 1.82) is 5.41 Å². The molecule has 0 aromatic heterocycles. The SMILES string of the molecule is CC(=N)C[C@@](C)(CC(=O)CCc1cc(C)cc(C(=O)N[C@@H](C)c2ccccc2)c1)C(C)C. The van der Waals surface area contributed by atoms with Gasteiger partial charge in [0, 0.05) is 24.1 Å². The van der Waals surface area contributed by atoms with Crippen LogP contribution >= 0.6 is 0 Å². The molecule has 0 spiro atoms. The molecule has 0 aliphatic heterocycles. The molecule has 0 fully saturated rings. The topological polar surface area (TPSA) is 70.0 Å². The van der Waals surface area contributed by atoms with Crippen LogP contribution in [0.2, 0.25) is 0 Å². The molecule has 0 saturated carbocycles. The lowest BCUT2D eigenvalue weighted by atomic mass is 9.71. The lowest BCUT2D eigenvalue weighted by molar-refractivity contribution is -0.121. The zero-order chi connectivity index (χ0) is 23.9. The molecular formula is C28H38N2O2. The Morgan fingerprint density at radius 3 is 2.28 bits per heavy atom. The fourth-order valence-corrected chi connectivity index (χ4v) is 4.14. The highest BCUT2D eigenvalue weighted by molar-refractivity contribution is 5.95. The van der Waals surface area contributed by atoms with Crippen molar-refractivity contribution >= 4 is 17.4 Å². The number of rotatable bonds is 11. The van der Waals surface area contributed by atoms with Crippen LogP contribution in [-0.2, 0) is 11.2 Å². The van der Waals surface area contributed by atoms with Gasteiger partial charge in [0.05, 0.1) is 6.04 Å². The van der Waals surface area contributed by atoms with Crippen LogP contribution in [0.1, 0.15) is 87.0 Å². The fraction of sp³-hybridized carbons (Fsp3) is 0.464. The molecule has 4 heteroatoms. The fourth-order valence-electron chi connectivity index (χ4n) is 4.14. The molecule has 2 rings (SSSR count). The molecule has 2 aromatic rings. The van der Waals surface area contributed by atoms with Crippen LogP contribution < -0.4 is 5.32 Å². The van der Waals surface area contributed by atoms with Gasteiger partial charge in [0.2, 0.25) is 0 Å². The van der Waals surface area contributed by atoms with Gasteiger partial charge in [-0.2, -0.15) is 0 Å². The molecular weight excluding hydrogens is 396 g/mol. The van der Waals surface area contributed by atoms with Gasteiger partial charge in [-0.1, -0.05) is 62.7 Å². The van der Waals surface area contributed by atoms with E-state index >= 15 is 0 Å². The van der Waals surface area contributed by atoms with Gasteiger partial charge in [-0.3, -0.25) is 9.59 Å². The summed E-state index contributed by atoms with van der Waals surface area (Å²) in [4.78, 5) is 25.6. The van der Waals surface area contributed by atoms with E-state index in [2.05, 4.69) is 26.1 Å². The number of hydrogen-bond donors (Lipinski definition) is 2. The third-order valence-electron chi connectivity index (χ3n) is 6.40. The first-order valence-corrected chi connectivity index (χ1v) is 11.5. The van der Waals surface area contributed by atoms with Crippen molar-refractivity contribution in [3.63, 3.8) is 0 Å². The summed E-state index contributed by atoms with van der Waals surface area (Å²) >= 11 is 0. The summed E-state index contributed by atoms with van der Waals surface area (Å²) in [5, 5.41) is 10.9. The molecule has 0 aliphatic carbocycles. The monoisotopic (exact) mass is 434 g/mol. The summed E-state index contributed by atoms with van der Waals surface area (Å²) in [6.45, 7) is 12.1. The van der Waals surface area contributed by atoms with Crippen LogP contribution in [0.3, 0.4) is 0 Å². The van der Waals surface area contributed by atoms with Gasteiger partial charge in [-0.15, -0.1) is 0 Å². The quantitative estimate of drug-likeness (QED) is 0.398. The maximum absolute atomic E-state index is 12.8. The Kier molecular flexibility index (Phi) is 8.94. The molecule has 0 aliphatic rings. The van der Waals surface area contributed by atoms with E-state index in [1.165, 1.54) is 0 Å². The van der Waals surface area contributed by atoms with Crippen molar-refractivity contribution in [1.82, 2.24) is 5.32 Å². The van der Waals surface area contributed by atoms with Crippen LogP contribution in [0.15, 0.2) is 48.5 Å². The van der Waals surface area contributed by atoms with Crippen molar-refractivity contribution in [2.45, 2.75) is 73.3 Å². The highest BCUT2D eigenvalue weighted by Crippen LogP contribution is 2.36. The molecule has 0 unspecified atom stereocenters. The van der Waals surface area contributed by atoms with Crippen molar-refractivity contribution in [2.24, 2.45) is 11.3 Å². The number of Topliss-reactive ketones (excluding diaryl/α,β-unsaturated/α-hetero) is 1. The maximum atomic E-state index is 12.8. The molecule has 0 saturated heterocycles. The van der Waals surface area contributed by atoms with Gasteiger partial charge in [-0.25, -0.2) is 0 Å². The number of nitrogens with one attached hydrogen (secondary N) is 2. The third-order valence-corrected chi connectivity index (χ3v) is 6.40. The van der Waals surface area contributed by atoms with Gasteiger partial charge >= 0.3 is 0 Å². The largest absolute Gasteiger partial charge is 0.346 e. The number of ketones is 1. The molecule has 1 amide bonds. The van der Waals surface area contributed by atoms with Crippen molar-refractivity contribution in [3.8, 4) is 0 Å². The molecule has 0 radical (unpaired) electrons. The second-order valence-electron chi connectivity index (χ2n) is 9.79. The molecule has 2 N–H and O–H groups in total. The van der Waals surface area contributed by atoms with E-state index in [1.807, 2.05) is 69.3 Å². The standard InChI is InChI=1S/C28H38N2O2/c1-19(2)28(6,17-21(4)29)18-26(31)13-12-23-14-20(3)15-25(16-23)27(32)30-22(5)24-10-8-7-9-11-24/h7-11,14-16,19,22,29H,12-13,17-18H2,1-6H3,(H,30,32)/t22-,28-/m0/s1. The second-order valence-corrected chi connectivity index (χ2v) is 9.79. The number of benzene rings is 2. The second kappa shape index (κ2) is 11.2. The zero-order valence-corrected chi connectivity index (χ0v) is 20.4. The van der Waals surface area contributed by atoms with E-state index in [4.69, 9.17) is 5.41 Å². The Bertz CT molecular complexity index is 949. The first-order valence-electron chi connectivity index (χ1n) is 11.5. The minimum absolute atomic E-state index is 0.0831. The molecule has 0 bridgehead atoms. The van der Waals surface area contributed by atoms with E-state index in [0.29, 0.717) is 42.9 Å². The average molecular weight is 435 g/mol. The molecule has 4 nitrogen and oxygen atoms in total. The molecule has 0 heterocycles. The number of hydrogen-bond acceptors (Lipinski definition) is 3. The Labute approximate surface area is 193 Å². The Morgan fingerprint density at radius 1 is 1.03 bits per heavy atom. The van der Waals surface area contributed by atoms with E-state index in [1.54, 1.807) is 0 Å². The van der Waals surface area contributed by atoms with Gasteiger partial charge in [0.15, 0.2) is 0 Å². The van der Waals surface area contributed by atoms with Crippen LogP contribution in [0.4, 0.5) is 0 Å². The maximum Gasteiger partial charge on any atom is 0.251 e. The third kappa shape index (κ3) is 7.44. The van der Waals surface area contributed by atoms with Gasteiger partial charge < -0.3 is 10.7 Å². The average Bonchev–Trinajstić information content (AvgIpc) is 2.71. The van der Waals surface area contributed by atoms with Crippen molar-refractivity contribution < 1.29 is 9.59 Å². The van der Waals surface area contributed by atoms with Crippen LogP contribution in [0, 0.1) is 23.7 Å². The minimum atomic E-state index is -0.186. The lowest BCUT2D eigenvalue weighted by Crippen LogP contribution is -2.29.